The summed E-state index contributed by atoms with van der Waals surface area (Å²) >= 11 is 0. The second-order valence-corrected chi connectivity index (χ2v) is 4.87. The van der Waals surface area contributed by atoms with Crippen LogP contribution in [-0.2, 0) is 9.63 Å². The van der Waals surface area contributed by atoms with Crippen LogP contribution in [0.4, 0.5) is 0 Å². The molecule has 1 aliphatic rings. The molecule has 0 unspecified atom stereocenters. The molecule has 2 atom stereocenters. The molecule has 0 saturated carbocycles. The van der Waals surface area contributed by atoms with Crippen molar-refractivity contribution in [3.8, 4) is 0 Å². The van der Waals surface area contributed by atoms with E-state index >= 15 is 0 Å². The van der Waals surface area contributed by atoms with Crippen LogP contribution >= 0.6 is 0 Å². The van der Waals surface area contributed by atoms with Crippen LogP contribution in [0.25, 0.3) is 0 Å². The minimum absolute atomic E-state index is 0.168. The third-order valence-corrected chi connectivity index (χ3v) is 3.60. The van der Waals surface area contributed by atoms with E-state index in [-0.39, 0.29) is 11.8 Å². The number of hydrogen-bond donors (Lipinski definition) is 1. The monoisotopic (exact) mass is 280 g/mol. The number of carbonyl (C=O) groups is 1. The highest BCUT2D eigenvalue weighted by molar-refractivity contribution is 6.09. The Bertz CT molecular complexity index is 653. The standard InChI is InChI=1S/C17H16N2O2/c1-18-17(20)16-14(12-8-4-2-5-9-12)15(19-21-16)13-10-6-3-7-11-13/h2-11,14,16H,1H3,(H,18,20)/t14-,16-/m1/s1. The Morgan fingerprint density at radius 2 is 1.67 bits per heavy atom. The number of likely N-dealkylation sites (N-methyl/N-ethyl adjacent to an activating group) is 1. The van der Waals surface area contributed by atoms with E-state index in [1.807, 2.05) is 60.7 Å². The van der Waals surface area contributed by atoms with Gasteiger partial charge in [0.2, 0.25) is 6.10 Å². The number of benzene rings is 2. The summed E-state index contributed by atoms with van der Waals surface area (Å²) in [5.41, 5.74) is 2.78. The maximum Gasteiger partial charge on any atom is 0.264 e. The molecule has 1 amide bonds. The van der Waals surface area contributed by atoms with Gasteiger partial charge in [0.25, 0.3) is 5.91 Å². The number of nitrogens with one attached hydrogen (secondary N) is 1. The van der Waals surface area contributed by atoms with Gasteiger partial charge in [0.15, 0.2) is 0 Å². The summed E-state index contributed by atoms with van der Waals surface area (Å²) < 4.78 is 0. The van der Waals surface area contributed by atoms with E-state index in [4.69, 9.17) is 4.84 Å². The van der Waals surface area contributed by atoms with Gasteiger partial charge in [0, 0.05) is 12.6 Å². The van der Waals surface area contributed by atoms with Gasteiger partial charge in [-0.2, -0.15) is 0 Å². The van der Waals surface area contributed by atoms with Gasteiger partial charge in [-0.05, 0) is 5.56 Å². The molecule has 1 aliphatic heterocycles. The maximum absolute atomic E-state index is 12.1. The van der Waals surface area contributed by atoms with Gasteiger partial charge in [0.1, 0.15) is 0 Å². The number of oxime groups is 1. The SMILES string of the molecule is CNC(=O)[C@@H]1ON=C(c2ccccc2)[C@H]1c1ccccc1. The summed E-state index contributed by atoms with van der Waals surface area (Å²) in [6.07, 6.45) is -0.632. The first-order valence-electron chi connectivity index (χ1n) is 6.87. The Kier molecular flexibility index (Phi) is 3.69. The van der Waals surface area contributed by atoms with Crippen LogP contribution < -0.4 is 5.32 Å². The molecule has 0 spiro atoms. The topological polar surface area (TPSA) is 50.7 Å². The van der Waals surface area contributed by atoms with Crippen molar-refractivity contribution in [1.29, 1.82) is 0 Å². The van der Waals surface area contributed by atoms with Gasteiger partial charge in [0.05, 0.1) is 11.6 Å². The summed E-state index contributed by atoms with van der Waals surface area (Å²) in [5, 5.41) is 6.81. The van der Waals surface area contributed by atoms with Gasteiger partial charge in [-0.15, -0.1) is 0 Å². The molecule has 4 heteroatoms. The summed E-state index contributed by atoms with van der Waals surface area (Å²) in [6, 6.07) is 19.7. The lowest BCUT2D eigenvalue weighted by molar-refractivity contribution is -0.131. The maximum atomic E-state index is 12.1. The van der Waals surface area contributed by atoms with Gasteiger partial charge in [-0.3, -0.25) is 4.79 Å². The minimum atomic E-state index is -0.632. The van der Waals surface area contributed by atoms with E-state index in [0.29, 0.717) is 0 Å². The normalized spacial score (nSPS) is 20.5. The molecule has 0 aliphatic carbocycles. The average molecular weight is 280 g/mol. The zero-order chi connectivity index (χ0) is 14.7. The molecule has 0 aromatic heterocycles. The molecule has 21 heavy (non-hydrogen) atoms. The predicted octanol–water partition coefficient (Wildman–Crippen LogP) is 2.32. The molecular formula is C17H16N2O2. The highest BCUT2D eigenvalue weighted by atomic mass is 16.6. The van der Waals surface area contributed by atoms with Gasteiger partial charge in [-0.1, -0.05) is 65.8 Å². The third kappa shape index (κ3) is 2.52. The van der Waals surface area contributed by atoms with Crippen LogP contribution in [0.5, 0.6) is 0 Å². The van der Waals surface area contributed by atoms with E-state index in [2.05, 4.69) is 10.5 Å². The van der Waals surface area contributed by atoms with Crippen molar-refractivity contribution in [2.24, 2.45) is 5.16 Å². The number of carbonyl (C=O) groups excluding carboxylic acids is 1. The lowest BCUT2D eigenvalue weighted by atomic mass is 9.86. The summed E-state index contributed by atoms with van der Waals surface area (Å²) in [7, 11) is 1.61. The third-order valence-electron chi connectivity index (χ3n) is 3.60. The highest BCUT2D eigenvalue weighted by Gasteiger charge is 2.40. The van der Waals surface area contributed by atoms with Gasteiger partial charge >= 0.3 is 0 Å². The van der Waals surface area contributed by atoms with Crippen LogP contribution in [-0.4, -0.2) is 24.8 Å². The number of nitrogens with zero attached hydrogens (tertiary/aromatic N) is 1. The van der Waals surface area contributed by atoms with Crippen molar-refractivity contribution >= 4 is 11.6 Å². The van der Waals surface area contributed by atoms with Crippen molar-refractivity contribution < 1.29 is 9.63 Å². The number of hydrogen-bond acceptors (Lipinski definition) is 3. The summed E-state index contributed by atoms with van der Waals surface area (Å²) in [5.74, 6) is -0.368. The Morgan fingerprint density at radius 3 is 2.29 bits per heavy atom. The predicted molar refractivity (Wildman–Crippen MR) is 81.1 cm³/mol. The zero-order valence-corrected chi connectivity index (χ0v) is 11.7. The van der Waals surface area contributed by atoms with Crippen molar-refractivity contribution in [1.82, 2.24) is 5.32 Å². The van der Waals surface area contributed by atoms with Crippen molar-refractivity contribution in [2.75, 3.05) is 7.05 Å². The van der Waals surface area contributed by atoms with Crippen LogP contribution in [0.15, 0.2) is 65.8 Å². The highest BCUT2D eigenvalue weighted by Crippen LogP contribution is 2.32. The second-order valence-electron chi connectivity index (χ2n) is 4.87. The van der Waals surface area contributed by atoms with E-state index in [1.165, 1.54) is 0 Å². The lowest BCUT2D eigenvalue weighted by Gasteiger charge is -2.18. The van der Waals surface area contributed by atoms with Crippen LogP contribution in [0.3, 0.4) is 0 Å². The Hall–Kier alpha value is -2.62. The molecule has 1 N–H and O–H groups in total. The van der Waals surface area contributed by atoms with Crippen molar-refractivity contribution in [2.45, 2.75) is 12.0 Å². The second kappa shape index (κ2) is 5.79. The Balaban J connectivity index is 2.02. The van der Waals surface area contributed by atoms with Crippen LogP contribution in [0.1, 0.15) is 17.0 Å². The van der Waals surface area contributed by atoms with Gasteiger partial charge in [-0.25, -0.2) is 0 Å². The summed E-state index contributed by atoms with van der Waals surface area (Å²) in [6.45, 7) is 0. The van der Waals surface area contributed by atoms with Crippen molar-refractivity contribution in [3.05, 3.63) is 71.8 Å². The smallest absolute Gasteiger partial charge is 0.264 e. The van der Waals surface area contributed by atoms with E-state index in [1.54, 1.807) is 7.05 Å². The first-order valence-corrected chi connectivity index (χ1v) is 6.87. The fourth-order valence-corrected chi connectivity index (χ4v) is 2.55. The first-order chi connectivity index (χ1) is 10.3. The molecule has 0 saturated heterocycles. The van der Waals surface area contributed by atoms with Crippen LogP contribution in [0.2, 0.25) is 0 Å². The van der Waals surface area contributed by atoms with Crippen LogP contribution in [0, 0.1) is 0 Å². The molecule has 2 aromatic rings. The first kappa shape index (κ1) is 13.4. The Morgan fingerprint density at radius 1 is 1.05 bits per heavy atom. The van der Waals surface area contributed by atoms with Crippen molar-refractivity contribution in [3.63, 3.8) is 0 Å². The molecule has 2 aromatic carbocycles. The molecule has 0 bridgehead atoms. The molecule has 0 fully saturated rings. The Labute approximate surface area is 123 Å². The number of amides is 1. The largest absolute Gasteiger partial charge is 0.381 e. The minimum Gasteiger partial charge on any atom is -0.381 e. The molecule has 3 rings (SSSR count). The van der Waals surface area contributed by atoms with Gasteiger partial charge < -0.3 is 10.2 Å². The molecule has 106 valence electrons. The molecule has 1 heterocycles. The fourth-order valence-electron chi connectivity index (χ4n) is 2.55. The zero-order valence-electron chi connectivity index (χ0n) is 11.7. The molecule has 4 nitrogen and oxygen atoms in total. The summed E-state index contributed by atoms with van der Waals surface area (Å²) in [4.78, 5) is 17.5. The quantitative estimate of drug-likeness (QED) is 0.938. The lowest BCUT2D eigenvalue weighted by Crippen LogP contribution is -2.37. The molecule has 0 radical (unpaired) electrons. The number of rotatable bonds is 3. The average Bonchev–Trinajstić information content (AvgIpc) is 3.00. The fraction of sp³-hybridized carbons (Fsp3) is 0.176. The van der Waals surface area contributed by atoms with E-state index in [9.17, 15) is 4.79 Å². The molecular weight excluding hydrogens is 264 g/mol. The van der Waals surface area contributed by atoms with E-state index < -0.39 is 6.10 Å². The van der Waals surface area contributed by atoms with E-state index in [0.717, 1.165) is 16.8 Å².